The average molecular weight is 351 g/mol. The van der Waals surface area contributed by atoms with Gasteiger partial charge in [0.15, 0.2) is 4.60 Å². The molecule has 0 aromatic carbocycles. The molecular formula is C10H15BrN4O3S. The third kappa shape index (κ3) is 2.44. The van der Waals surface area contributed by atoms with E-state index in [4.69, 9.17) is 4.74 Å². The Balaban J connectivity index is 1.69. The summed E-state index contributed by atoms with van der Waals surface area (Å²) in [5.74, 6) is 0.272. The van der Waals surface area contributed by atoms with E-state index in [1.165, 1.54) is 4.68 Å². The second kappa shape index (κ2) is 4.80. The molecule has 7 nitrogen and oxygen atoms in total. The van der Waals surface area contributed by atoms with Gasteiger partial charge in [-0.05, 0) is 35.2 Å². The van der Waals surface area contributed by atoms with Crippen LogP contribution in [0.2, 0.25) is 0 Å². The van der Waals surface area contributed by atoms with E-state index in [1.807, 2.05) is 0 Å². The quantitative estimate of drug-likeness (QED) is 0.850. The number of aromatic nitrogens is 3. The number of ether oxygens (including phenoxy) is 1. The maximum absolute atomic E-state index is 12.2. The van der Waals surface area contributed by atoms with Gasteiger partial charge in [0.1, 0.15) is 0 Å². The molecule has 0 amide bonds. The summed E-state index contributed by atoms with van der Waals surface area (Å²) < 4.78 is 34.2. The Bertz CT molecular complexity index is 568. The molecule has 3 heterocycles. The van der Waals surface area contributed by atoms with Crippen molar-refractivity contribution in [1.29, 1.82) is 0 Å². The van der Waals surface area contributed by atoms with Crippen LogP contribution in [0.3, 0.4) is 0 Å². The fraction of sp³-hybridized carbons (Fsp3) is 0.800. The lowest BCUT2D eigenvalue weighted by Gasteiger charge is -2.18. The largest absolute Gasteiger partial charge is 0.375 e. The van der Waals surface area contributed by atoms with Crippen LogP contribution in [-0.2, 0) is 21.8 Å². The summed E-state index contributed by atoms with van der Waals surface area (Å²) >= 11 is 3.10. The van der Waals surface area contributed by atoms with Crippen LogP contribution in [0.1, 0.15) is 19.3 Å². The number of aryl methyl sites for hydroxylation is 1. The van der Waals surface area contributed by atoms with Gasteiger partial charge >= 0.3 is 0 Å². The van der Waals surface area contributed by atoms with Gasteiger partial charge in [0.2, 0.25) is 5.03 Å². The van der Waals surface area contributed by atoms with Gasteiger partial charge in [-0.3, -0.25) is 0 Å². The van der Waals surface area contributed by atoms with Crippen LogP contribution in [0.15, 0.2) is 9.63 Å². The Morgan fingerprint density at radius 2 is 2.32 bits per heavy atom. The van der Waals surface area contributed by atoms with Crippen molar-refractivity contribution in [1.82, 2.24) is 19.7 Å². The van der Waals surface area contributed by atoms with E-state index in [9.17, 15) is 8.42 Å². The lowest BCUT2D eigenvalue weighted by molar-refractivity contribution is 0.0932. The first kappa shape index (κ1) is 13.5. The maximum Gasteiger partial charge on any atom is 0.260 e. The van der Waals surface area contributed by atoms with Gasteiger partial charge in [-0.25, -0.2) is 17.8 Å². The second-order valence-electron chi connectivity index (χ2n) is 5.03. The highest BCUT2D eigenvalue weighted by molar-refractivity contribution is 9.10. The van der Waals surface area contributed by atoms with Gasteiger partial charge < -0.3 is 4.74 Å². The molecular weight excluding hydrogens is 336 g/mol. The summed E-state index contributed by atoms with van der Waals surface area (Å²) in [6, 6.07) is 0. The Labute approximate surface area is 119 Å². The summed E-state index contributed by atoms with van der Waals surface area (Å²) in [5.41, 5.74) is 0. The van der Waals surface area contributed by atoms with Gasteiger partial charge in [0.05, 0.1) is 12.2 Å². The van der Waals surface area contributed by atoms with Crippen molar-refractivity contribution in [2.75, 3.05) is 6.54 Å². The van der Waals surface area contributed by atoms with Crippen molar-refractivity contribution < 1.29 is 13.2 Å². The Morgan fingerprint density at radius 1 is 1.53 bits per heavy atom. The van der Waals surface area contributed by atoms with Gasteiger partial charge in [0, 0.05) is 19.5 Å². The zero-order valence-corrected chi connectivity index (χ0v) is 12.8. The highest BCUT2D eigenvalue weighted by Crippen LogP contribution is 2.38. The minimum Gasteiger partial charge on any atom is -0.375 e. The van der Waals surface area contributed by atoms with Crippen LogP contribution in [0, 0.1) is 5.92 Å². The Morgan fingerprint density at radius 3 is 2.84 bits per heavy atom. The minimum absolute atomic E-state index is 0.0524. The molecule has 1 aromatic heterocycles. The summed E-state index contributed by atoms with van der Waals surface area (Å²) in [4.78, 5) is 0. The van der Waals surface area contributed by atoms with Gasteiger partial charge in [-0.1, -0.05) is 5.21 Å². The highest BCUT2D eigenvalue weighted by atomic mass is 79.9. The maximum atomic E-state index is 12.2. The molecule has 2 aliphatic heterocycles. The van der Waals surface area contributed by atoms with Crippen LogP contribution >= 0.6 is 15.9 Å². The molecule has 1 N–H and O–H groups in total. The number of hydrogen-bond donors (Lipinski definition) is 1. The molecule has 0 aliphatic carbocycles. The van der Waals surface area contributed by atoms with E-state index >= 15 is 0 Å². The van der Waals surface area contributed by atoms with Crippen LogP contribution < -0.4 is 4.72 Å². The zero-order chi connectivity index (χ0) is 13.6. The number of nitrogens with zero attached hydrogens (tertiary/aromatic N) is 3. The van der Waals surface area contributed by atoms with E-state index in [0.29, 0.717) is 12.6 Å². The van der Waals surface area contributed by atoms with Gasteiger partial charge in [-0.2, -0.15) is 0 Å². The summed E-state index contributed by atoms with van der Waals surface area (Å²) in [5, 5.41) is 7.41. The molecule has 19 heavy (non-hydrogen) atoms. The van der Waals surface area contributed by atoms with Crippen molar-refractivity contribution in [2.24, 2.45) is 13.0 Å². The molecule has 106 valence electrons. The first-order valence-corrected chi connectivity index (χ1v) is 8.45. The van der Waals surface area contributed by atoms with E-state index in [-0.39, 0.29) is 21.7 Å². The standard InChI is InChI=1S/C10H15BrN4O3S/c1-15-10(9(11)13-14-15)19(16,17)12-5-6-4-7-2-3-8(6)18-7/h6-8,12H,2-5H2,1H3. The summed E-state index contributed by atoms with van der Waals surface area (Å²) in [6.45, 7) is 0.404. The average Bonchev–Trinajstić information content (AvgIpc) is 3.02. The Kier molecular flexibility index (Phi) is 3.40. The lowest BCUT2D eigenvalue weighted by Crippen LogP contribution is -2.34. The zero-order valence-electron chi connectivity index (χ0n) is 10.4. The van der Waals surface area contributed by atoms with Crippen molar-refractivity contribution in [3.8, 4) is 0 Å². The molecule has 2 fully saturated rings. The molecule has 3 rings (SSSR count). The SMILES string of the molecule is Cn1nnc(Br)c1S(=O)(=O)NCC1CC2CCC1O2. The Hall–Kier alpha value is -0.510. The van der Waals surface area contributed by atoms with Crippen molar-refractivity contribution >= 4 is 26.0 Å². The van der Waals surface area contributed by atoms with Gasteiger partial charge in [-0.15, -0.1) is 5.10 Å². The van der Waals surface area contributed by atoms with E-state index in [0.717, 1.165) is 19.3 Å². The molecule has 3 atom stereocenters. The molecule has 3 unspecified atom stereocenters. The third-order valence-electron chi connectivity index (χ3n) is 3.76. The van der Waals surface area contributed by atoms with Crippen molar-refractivity contribution in [2.45, 2.75) is 36.5 Å². The van der Waals surface area contributed by atoms with Crippen molar-refractivity contribution in [3.05, 3.63) is 4.60 Å². The van der Waals surface area contributed by atoms with Crippen LogP contribution in [0.5, 0.6) is 0 Å². The van der Waals surface area contributed by atoms with Gasteiger partial charge in [0.25, 0.3) is 10.0 Å². The smallest absolute Gasteiger partial charge is 0.260 e. The number of nitrogens with one attached hydrogen (secondary N) is 1. The number of hydrogen-bond acceptors (Lipinski definition) is 5. The minimum atomic E-state index is -3.60. The fourth-order valence-electron chi connectivity index (χ4n) is 2.85. The van der Waals surface area contributed by atoms with E-state index in [1.54, 1.807) is 7.05 Å². The molecule has 2 aliphatic rings. The van der Waals surface area contributed by atoms with E-state index < -0.39 is 10.0 Å². The number of sulfonamides is 1. The lowest BCUT2D eigenvalue weighted by atomic mass is 9.89. The van der Waals surface area contributed by atoms with Crippen LogP contribution in [-0.4, -0.2) is 42.2 Å². The predicted octanol–water partition coefficient (Wildman–Crippen LogP) is 0.423. The number of halogens is 1. The monoisotopic (exact) mass is 350 g/mol. The molecule has 2 bridgehead atoms. The summed E-state index contributed by atoms with van der Waals surface area (Å²) in [6.07, 6.45) is 3.61. The first-order chi connectivity index (χ1) is 8.97. The topological polar surface area (TPSA) is 86.1 Å². The fourth-order valence-corrected chi connectivity index (χ4v) is 5.04. The second-order valence-corrected chi connectivity index (χ2v) is 7.46. The first-order valence-electron chi connectivity index (χ1n) is 6.17. The van der Waals surface area contributed by atoms with Crippen LogP contribution in [0.25, 0.3) is 0 Å². The molecule has 0 saturated carbocycles. The van der Waals surface area contributed by atoms with Crippen molar-refractivity contribution in [3.63, 3.8) is 0 Å². The third-order valence-corrected chi connectivity index (χ3v) is 6.07. The number of rotatable bonds is 4. The normalized spacial score (nSPS) is 30.1. The molecule has 0 radical (unpaired) electrons. The van der Waals surface area contributed by atoms with E-state index in [2.05, 4.69) is 31.0 Å². The molecule has 2 saturated heterocycles. The molecule has 0 spiro atoms. The molecule has 9 heteroatoms. The summed E-state index contributed by atoms with van der Waals surface area (Å²) in [7, 11) is -2.05. The molecule has 1 aromatic rings. The number of fused-ring (bicyclic) bond motifs is 2. The highest BCUT2D eigenvalue weighted by Gasteiger charge is 2.41. The predicted molar refractivity (Wildman–Crippen MR) is 69.9 cm³/mol. The van der Waals surface area contributed by atoms with Crippen LogP contribution in [0.4, 0.5) is 0 Å².